The van der Waals surface area contributed by atoms with Gasteiger partial charge in [0.2, 0.25) is 0 Å². The highest BCUT2D eigenvalue weighted by Crippen LogP contribution is 2.21. The fraction of sp³-hybridized carbons (Fsp3) is 0.300. The van der Waals surface area contributed by atoms with Crippen molar-refractivity contribution < 1.29 is 13.9 Å². The third-order valence-corrected chi connectivity index (χ3v) is 4.75. The van der Waals surface area contributed by atoms with Crippen molar-refractivity contribution in [3.63, 3.8) is 0 Å². The molecule has 4 rings (SSSR count). The minimum absolute atomic E-state index is 0.0592. The molecule has 1 aromatic carbocycles. The van der Waals surface area contributed by atoms with E-state index < -0.39 is 0 Å². The molecule has 7 nitrogen and oxygen atoms in total. The number of piperazine rings is 1. The van der Waals surface area contributed by atoms with Crippen LogP contribution in [0.4, 0.5) is 5.69 Å². The van der Waals surface area contributed by atoms with Crippen molar-refractivity contribution in [3.8, 4) is 5.75 Å². The molecule has 0 bridgehead atoms. The molecule has 1 fully saturated rings. The van der Waals surface area contributed by atoms with Gasteiger partial charge in [0, 0.05) is 44.3 Å². The summed E-state index contributed by atoms with van der Waals surface area (Å²) < 4.78 is 12.7. The third kappa shape index (κ3) is 3.81. The van der Waals surface area contributed by atoms with E-state index >= 15 is 0 Å². The van der Waals surface area contributed by atoms with E-state index in [1.165, 1.54) is 0 Å². The van der Waals surface area contributed by atoms with Gasteiger partial charge in [0.05, 0.1) is 13.7 Å². The number of carbonyl (C=O) groups is 1. The number of methoxy groups -OCH3 is 1. The maximum absolute atomic E-state index is 12.7. The van der Waals surface area contributed by atoms with E-state index in [9.17, 15) is 4.79 Å². The molecular formula is C20H22N4O3. The standard InChI is InChI=1S/C20H22N4O3/c1-26-17-5-3-16(4-6-17)22-11-13-23(14-12-22)20(25)19-8-7-18(27-19)15-24-10-2-9-21-24/h2-10H,11-15H2,1H3. The summed E-state index contributed by atoms with van der Waals surface area (Å²) in [5.41, 5.74) is 1.14. The first-order valence-corrected chi connectivity index (χ1v) is 8.97. The van der Waals surface area contributed by atoms with E-state index in [1.807, 2.05) is 47.5 Å². The molecule has 0 aliphatic carbocycles. The number of hydrogen-bond donors (Lipinski definition) is 0. The number of ether oxygens (including phenoxy) is 1. The quantitative estimate of drug-likeness (QED) is 0.694. The lowest BCUT2D eigenvalue weighted by Gasteiger charge is -2.35. The van der Waals surface area contributed by atoms with Gasteiger partial charge in [-0.25, -0.2) is 0 Å². The van der Waals surface area contributed by atoms with Gasteiger partial charge >= 0.3 is 0 Å². The Morgan fingerprint density at radius 3 is 2.56 bits per heavy atom. The summed E-state index contributed by atoms with van der Waals surface area (Å²) >= 11 is 0. The minimum atomic E-state index is -0.0592. The smallest absolute Gasteiger partial charge is 0.289 e. The number of furan rings is 1. The summed E-state index contributed by atoms with van der Waals surface area (Å²) in [7, 11) is 1.66. The van der Waals surface area contributed by atoms with Crippen LogP contribution in [0.1, 0.15) is 16.3 Å². The number of aromatic nitrogens is 2. The summed E-state index contributed by atoms with van der Waals surface area (Å²) in [6.07, 6.45) is 3.58. The van der Waals surface area contributed by atoms with Crippen LogP contribution in [0, 0.1) is 0 Å². The normalized spacial score (nSPS) is 14.4. The summed E-state index contributed by atoms with van der Waals surface area (Å²) in [6.45, 7) is 3.43. The van der Waals surface area contributed by atoms with Crippen LogP contribution in [-0.4, -0.2) is 53.9 Å². The highest BCUT2D eigenvalue weighted by Gasteiger charge is 2.24. The second-order valence-corrected chi connectivity index (χ2v) is 6.45. The third-order valence-electron chi connectivity index (χ3n) is 4.75. The highest BCUT2D eigenvalue weighted by atomic mass is 16.5. The Balaban J connectivity index is 1.35. The van der Waals surface area contributed by atoms with Crippen LogP contribution < -0.4 is 9.64 Å². The second kappa shape index (κ2) is 7.57. The van der Waals surface area contributed by atoms with Crippen LogP contribution in [0.3, 0.4) is 0 Å². The van der Waals surface area contributed by atoms with Crippen LogP contribution >= 0.6 is 0 Å². The van der Waals surface area contributed by atoms with Crippen LogP contribution in [0.5, 0.6) is 5.75 Å². The fourth-order valence-corrected chi connectivity index (χ4v) is 3.25. The Bertz CT molecular complexity index is 878. The van der Waals surface area contributed by atoms with Crippen molar-refractivity contribution in [1.29, 1.82) is 0 Å². The molecule has 0 atom stereocenters. The van der Waals surface area contributed by atoms with Crippen molar-refractivity contribution in [3.05, 3.63) is 66.4 Å². The van der Waals surface area contributed by atoms with Crippen molar-refractivity contribution in [2.24, 2.45) is 0 Å². The van der Waals surface area contributed by atoms with Gasteiger partial charge in [-0.3, -0.25) is 9.48 Å². The van der Waals surface area contributed by atoms with Crippen LogP contribution in [0.25, 0.3) is 0 Å². The van der Waals surface area contributed by atoms with Crippen LogP contribution in [0.2, 0.25) is 0 Å². The molecule has 3 heterocycles. The van der Waals surface area contributed by atoms with E-state index in [0.717, 1.165) is 30.3 Å². The molecule has 1 aliphatic heterocycles. The fourth-order valence-electron chi connectivity index (χ4n) is 3.25. The molecule has 0 radical (unpaired) electrons. The number of anilines is 1. The Morgan fingerprint density at radius 2 is 1.89 bits per heavy atom. The first-order chi connectivity index (χ1) is 13.2. The first-order valence-electron chi connectivity index (χ1n) is 8.97. The number of carbonyl (C=O) groups excluding carboxylic acids is 1. The molecule has 0 unspecified atom stereocenters. The summed E-state index contributed by atoms with van der Waals surface area (Å²) in [5.74, 6) is 1.89. The van der Waals surface area contributed by atoms with Crippen LogP contribution in [-0.2, 0) is 6.54 Å². The van der Waals surface area contributed by atoms with Gasteiger partial charge in [-0.2, -0.15) is 5.10 Å². The molecule has 2 aromatic heterocycles. The Hall–Kier alpha value is -3.22. The molecular weight excluding hydrogens is 344 g/mol. The first kappa shape index (κ1) is 17.2. The van der Waals surface area contributed by atoms with Gasteiger partial charge in [0.15, 0.2) is 5.76 Å². The zero-order valence-corrected chi connectivity index (χ0v) is 15.2. The number of hydrogen-bond acceptors (Lipinski definition) is 5. The molecule has 1 saturated heterocycles. The van der Waals surface area contributed by atoms with E-state index in [4.69, 9.17) is 9.15 Å². The number of benzene rings is 1. The van der Waals surface area contributed by atoms with Gasteiger partial charge in [-0.05, 0) is 42.5 Å². The predicted octanol–water partition coefficient (Wildman–Crippen LogP) is 2.50. The summed E-state index contributed by atoms with van der Waals surface area (Å²) in [5, 5.41) is 4.15. The Kier molecular flexibility index (Phi) is 4.82. The Morgan fingerprint density at radius 1 is 1.11 bits per heavy atom. The van der Waals surface area contributed by atoms with Gasteiger partial charge in [-0.15, -0.1) is 0 Å². The molecule has 27 heavy (non-hydrogen) atoms. The molecule has 3 aromatic rings. The SMILES string of the molecule is COc1ccc(N2CCN(C(=O)c3ccc(Cn4cccn4)o3)CC2)cc1. The van der Waals surface area contributed by atoms with Crippen molar-refractivity contribution in [2.75, 3.05) is 38.2 Å². The molecule has 0 spiro atoms. The zero-order chi connectivity index (χ0) is 18.6. The van der Waals surface area contributed by atoms with Crippen molar-refractivity contribution >= 4 is 11.6 Å². The average Bonchev–Trinajstić information content (AvgIpc) is 3.40. The maximum atomic E-state index is 12.7. The Labute approximate surface area is 157 Å². The van der Waals surface area contributed by atoms with E-state index in [1.54, 1.807) is 24.1 Å². The molecule has 0 N–H and O–H groups in total. The zero-order valence-electron chi connectivity index (χ0n) is 15.2. The lowest BCUT2D eigenvalue weighted by Crippen LogP contribution is -2.48. The number of rotatable bonds is 5. The van der Waals surface area contributed by atoms with Crippen molar-refractivity contribution in [2.45, 2.75) is 6.54 Å². The molecule has 0 saturated carbocycles. The average molecular weight is 366 g/mol. The molecule has 140 valence electrons. The van der Waals surface area contributed by atoms with E-state index in [-0.39, 0.29) is 5.91 Å². The summed E-state index contributed by atoms with van der Waals surface area (Å²) in [6, 6.07) is 13.4. The van der Waals surface area contributed by atoms with E-state index in [0.29, 0.717) is 25.4 Å². The van der Waals surface area contributed by atoms with Gasteiger partial charge < -0.3 is 19.0 Å². The monoisotopic (exact) mass is 366 g/mol. The largest absolute Gasteiger partial charge is 0.497 e. The molecule has 1 aliphatic rings. The predicted molar refractivity (Wildman–Crippen MR) is 101 cm³/mol. The second-order valence-electron chi connectivity index (χ2n) is 6.45. The molecule has 1 amide bonds. The number of nitrogens with zero attached hydrogens (tertiary/aromatic N) is 4. The van der Waals surface area contributed by atoms with Crippen LogP contribution in [0.15, 0.2) is 59.3 Å². The maximum Gasteiger partial charge on any atom is 0.289 e. The van der Waals surface area contributed by atoms with Gasteiger partial charge in [0.1, 0.15) is 11.5 Å². The van der Waals surface area contributed by atoms with Gasteiger partial charge in [0.25, 0.3) is 5.91 Å². The molecule has 7 heteroatoms. The van der Waals surface area contributed by atoms with E-state index in [2.05, 4.69) is 10.00 Å². The lowest BCUT2D eigenvalue weighted by atomic mass is 10.2. The van der Waals surface area contributed by atoms with Crippen molar-refractivity contribution in [1.82, 2.24) is 14.7 Å². The van der Waals surface area contributed by atoms with Gasteiger partial charge in [-0.1, -0.05) is 0 Å². The lowest BCUT2D eigenvalue weighted by molar-refractivity contribution is 0.0712. The number of amides is 1. The minimum Gasteiger partial charge on any atom is -0.497 e. The highest BCUT2D eigenvalue weighted by molar-refractivity contribution is 5.91. The summed E-state index contributed by atoms with van der Waals surface area (Å²) in [4.78, 5) is 16.8. The topological polar surface area (TPSA) is 63.7 Å².